The van der Waals surface area contributed by atoms with Crippen molar-refractivity contribution < 1.29 is 22.4 Å². The van der Waals surface area contributed by atoms with Gasteiger partial charge in [-0.3, -0.25) is 4.79 Å². The highest BCUT2D eigenvalue weighted by Crippen LogP contribution is 2.23. The van der Waals surface area contributed by atoms with E-state index in [0.29, 0.717) is 13.0 Å². The summed E-state index contributed by atoms with van der Waals surface area (Å²) < 4.78 is 37.5. The Morgan fingerprint density at radius 1 is 1.02 bits per heavy atom. The van der Waals surface area contributed by atoms with E-state index in [0.717, 1.165) is 76.0 Å². The maximum atomic E-state index is 14.0. The fraction of sp³-hybridized carbons (Fsp3) is 0.548. The van der Waals surface area contributed by atoms with E-state index >= 15 is 0 Å². The van der Waals surface area contributed by atoms with Crippen LogP contribution in [0.2, 0.25) is 0 Å². The molecule has 2 aliphatic rings. The Morgan fingerprint density at radius 3 is 2.32 bits per heavy atom. The molecular formula is C31H43FN4O4S. The number of halogens is 1. The molecule has 0 radical (unpaired) electrons. The van der Waals surface area contributed by atoms with Crippen molar-refractivity contribution in [2.75, 3.05) is 45.5 Å². The Hall–Kier alpha value is -2.98. The van der Waals surface area contributed by atoms with Crippen molar-refractivity contribution in [3.8, 4) is 0 Å². The molecule has 41 heavy (non-hydrogen) atoms. The van der Waals surface area contributed by atoms with E-state index in [1.54, 1.807) is 30.3 Å². The number of likely N-dealkylation sites (N-methyl/N-ethyl adjacent to an activating group) is 1. The number of hydrogen-bond acceptors (Lipinski definition) is 5. The van der Waals surface area contributed by atoms with Gasteiger partial charge in [-0.25, -0.2) is 17.6 Å². The van der Waals surface area contributed by atoms with Gasteiger partial charge in [-0.1, -0.05) is 24.3 Å². The molecule has 10 heteroatoms. The number of carbonyl (C=O) groups excluding carboxylic acids is 2. The van der Waals surface area contributed by atoms with Crippen LogP contribution >= 0.6 is 0 Å². The van der Waals surface area contributed by atoms with Crippen molar-refractivity contribution >= 4 is 21.8 Å². The summed E-state index contributed by atoms with van der Waals surface area (Å²) in [5.41, 5.74) is 1.57. The van der Waals surface area contributed by atoms with E-state index in [-0.39, 0.29) is 41.2 Å². The van der Waals surface area contributed by atoms with Crippen LogP contribution in [0.25, 0.3) is 0 Å². The lowest BCUT2D eigenvalue weighted by atomic mass is 9.99. The fourth-order valence-corrected chi connectivity index (χ4v) is 6.55. The van der Waals surface area contributed by atoms with E-state index in [2.05, 4.69) is 10.2 Å². The molecule has 2 aromatic carbocycles. The van der Waals surface area contributed by atoms with Crippen LogP contribution in [0.1, 0.15) is 62.6 Å². The van der Waals surface area contributed by atoms with Gasteiger partial charge < -0.3 is 20.0 Å². The molecule has 224 valence electrons. The largest absolute Gasteiger partial charge is 0.340 e. The minimum Gasteiger partial charge on any atom is -0.340 e. The highest BCUT2D eigenvalue weighted by atomic mass is 32.2. The van der Waals surface area contributed by atoms with Crippen molar-refractivity contribution in [3.63, 3.8) is 0 Å². The van der Waals surface area contributed by atoms with Gasteiger partial charge in [0.25, 0.3) is 0 Å². The number of nitrogens with one attached hydrogen (secondary N) is 1. The lowest BCUT2D eigenvalue weighted by Crippen LogP contribution is -2.48. The second-order valence-corrected chi connectivity index (χ2v) is 13.3. The van der Waals surface area contributed by atoms with Crippen LogP contribution in [0.4, 0.5) is 9.18 Å². The summed E-state index contributed by atoms with van der Waals surface area (Å²) in [6.45, 7) is 6.57. The Kier molecular flexibility index (Phi) is 10.8. The first-order chi connectivity index (χ1) is 19.6. The summed E-state index contributed by atoms with van der Waals surface area (Å²) in [4.78, 5) is 32.5. The summed E-state index contributed by atoms with van der Waals surface area (Å²) in [6, 6.07) is 12.8. The molecule has 2 fully saturated rings. The lowest BCUT2D eigenvalue weighted by molar-refractivity contribution is -0.133. The highest BCUT2D eigenvalue weighted by molar-refractivity contribution is 7.90. The van der Waals surface area contributed by atoms with Gasteiger partial charge in [-0.2, -0.15) is 0 Å². The van der Waals surface area contributed by atoms with E-state index in [9.17, 15) is 22.4 Å². The zero-order valence-corrected chi connectivity index (χ0v) is 25.0. The Bertz CT molecular complexity index is 1270. The number of sulfone groups is 1. The number of nitrogens with zero attached hydrogens (tertiary/aromatic N) is 3. The standard InChI is InChI=1S/C31H43FN4O4S/c1-3-36(30(37)22-24-10-12-28(13-11-24)41(2,39)40)27-14-19-34(20-15-27)21-16-29(25-8-7-9-26(32)23-25)33-31(38)35-17-5-4-6-18-35/h7-13,23,27,29H,3-6,14-22H2,1-2H3,(H,33,38)/t29-/m0/s1. The first-order valence-corrected chi connectivity index (χ1v) is 16.6. The van der Waals surface area contributed by atoms with Gasteiger partial charge in [0.15, 0.2) is 9.84 Å². The van der Waals surface area contributed by atoms with Gasteiger partial charge in [0.05, 0.1) is 17.4 Å². The Morgan fingerprint density at radius 2 is 1.71 bits per heavy atom. The molecule has 2 aromatic rings. The molecule has 0 spiro atoms. The molecule has 0 saturated carbocycles. The Labute approximate surface area is 243 Å². The molecule has 4 rings (SSSR count). The van der Waals surface area contributed by atoms with Crippen molar-refractivity contribution in [1.82, 2.24) is 20.0 Å². The van der Waals surface area contributed by atoms with E-state index < -0.39 is 9.84 Å². The van der Waals surface area contributed by atoms with Crippen LogP contribution in [-0.4, -0.2) is 86.6 Å². The summed E-state index contributed by atoms with van der Waals surface area (Å²) >= 11 is 0. The average Bonchev–Trinajstić information content (AvgIpc) is 2.96. The van der Waals surface area contributed by atoms with Crippen LogP contribution in [0.5, 0.6) is 0 Å². The minimum absolute atomic E-state index is 0.0460. The fourth-order valence-electron chi connectivity index (χ4n) is 5.92. The number of hydrogen-bond donors (Lipinski definition) is 1. The highest BCUT2D eigenvalue weighted by Gasteiger charge is 2.28. The van der Waals surface area contributed by atoms with E-state index in [1.807, 2.05) is 22.8 Å². The van der Waals surface area contributed by atoms with Gasteiger partial charge in [0, 0.05) is 51.6 Å². The molecule has 1 atom stereocenters. The zero-order valence-electron chi connectivity index (χ0n) is 24.2. The third-order valence-corrected chi connectivity index (χ3v) is 9.42. The number of carbonyl (C=O) groups is 2. The number of piperidine rings is 2. The molecule has 0 unspecified atom stereocenters. The molecular weight excluding hydrogens is 543 g/mol. The number of benzene rings is 2. The summed E-state index contributed by atoms with van der Waals surface area (Å²) in [6.07, 6.45) is 6.98. The van der Waals surface area contributed by atoms with Crippen LogP contribution in [-0.2, 0) is 21.1 Å². The number of amides is 3. The van der Waals surface area contributed by atoms with Gasteiger partial charge in [-0.15, -0.1) is 0 Å². The number of likely N-dealkylation sites (tertiary alicyclic amines) is 2. The third kappa shape index (κ3) is 8.75. The maximum Gasteiger partial charge on any atom is 0.317 e. The second kappa shape index (κ2) is 14.3. The second-order valence-electron chi connectivity index (χ2n) is 11.2. The van der Waals surface area contributed by atoms with Gasteiger partial charge >= 0.3 is 6.03 Å². The molecule has 0 bridgehead atoms. The maximum absolute atomic E-state index is 14.0. The quantitative estimate of drug-likeness (QED) is 0.446. The molecule has 0 aliphatic carbocycles. The van der Waals surface area contributed by atoms with Crippen molar-refractivity contribution in [2.24, 2.45) is 0 Å². The zero-order chi connectivity index (χ0) is 29.4. The molecule has 3 amide bonds. The minimum atomic E-state index is -3.27. The van der Waals surface area contributed by atoms with Crippen LogP contribution < -0.4 is 5.32 Å². The molecule has 8 nitrogen and oxygen atoms in total. The number of rotatable bonds is 10. The molecule has 0 aromatic heterocycles. The summed E-state index contributed by atoms with van der Waals surface area (Å²) in [7, 11) is -3.27. The van der Waals surface area contributed by atoms with Gasteiger partial charge in [0.2, 0.25) is 5.91 Å². The SMILES string of the molecule is CCN(C(=O)Cc1ccc(S(C)(=O)=O)cc1)C1CCN(CC[C@H](NC(=O)N2CCCCC2)c2cccc(F)c2)CC1. The van der Waals surface area contributed by atoms with E-state index in [1.165, 1.54) is 18.4 Å². The van der Waals surface area contributed by atoms with Crippen molar-refractivity contribution in [1.29, 1.82) is 0 Å². The van der Waals surface area contributed by atoms with Gasteiger partial charge in [0.1, 0.15) is 5.82 Å². The Balaban J connectivity index is 1.30. The monoisotopic (exact) mass is 586 g/mol. The molecule has 2 heterocycles. The summed E-state index contributed by atoms with van der Waals surface area (Å²) in [5, 5.41) is 3.16. The topological polar surface area (TPSA) is 90.0 Å². The van der Waals surface area contributed by atoms with Crippen LogP contribution in [0, 0.1) is 5.82 Å². The normalized spacial score (nSPS) is 17.7. The predicted octanol–water partition coefficient (Wildman–Crippen LogP) is 4.41. The summed E-state index contributed by atoms with van der Waals surface area (Å²) in [5.74, 6) is -0.263. The van der Waals surface area contributed by atoms with Crippen LogP contribution in [0.3, 0.4) is 0 Å². The average molecular weight is 587 g/mol. The number of urea groups is 1. The molecule has 2 saturated heterocycles. The smallest absolute Gasteiger partial charge is 0.317 e. The first kappa shape index (κ1) is 31.0. The van der Waals surface area contributed by atoms with E-state index in [4.69, 9.17) is 0 Å². The van der Waals surface area contributed by atoms with Crippen LogP contribution in [0.15, 0.2) is 53.4 Å². The van der Waals surface area contributed by atoms with Gasteiger partial charge in [-0.05, 0) is 80.8 Å². The predicted molar refractivity (Wildman–Crippen MR) is 158 cm³/mol. The lowest BCUT2D eigenvalue weighted by Gasteiger charge is -2.39. The molecule has 1 N–H and O–H groups in total. The third-order valence-electron chi connectivity index (χ3n) is 8.29. The molecule has 2 aliphatic heterocycles. The van der Waals surface area contributed by atoms with Crippen molar-refractivity contribution in [2.45, 2.75) is 68.8 Å². The first-order valence-electron chi connectivity index (χ1n) is 14.8. The van der Waals surface area contributed by atoms with Crippen molar-refractivity contribution in [3.05, 3.63) is 65.5 Å².